The molecule has 0 aromatic heterocycles. The predicted octanol–water partition coefficient (Wildman–Crippen LogP) is 3.03. The third kappa shape index (κ3) is 4.89. The summed E-state index contributed by atoms with van der Waals surface area (Å²) in [4.78, 5) is 11.6. The highest BCUT2D eigenvalue weighted by molar-refractivity contribution is 5.76. The van der Waals surface area contributed by atoms with Crippen LogP contribution in [0, 0.1) is 0 Å². The Bertz CT molecular complexity index is 363. The molecule has 1 aromatic carbocycles. The number of benzene rings is 1. The van der Waals surface area contributed by atoms with Crippen molar-refractivity contribution in [1.29, 1.82) is 0 Å². The third-order valence-corrected chi connectivity index (χ3v) is 2.80. The maximum Gasteiger partial charge on any atom is 0.220 e. The molecule has 17 heavy (non-hydrogen) atoms. The first-order chi connectivity index (χ1) is 8.13. The van der Waals surface area contributed by atoms with Crippen molar-refractivity contribution < 1.29 is 4.79 Å². The lowest BCUT2D eigenvalue weighted by molar-refractivity contribution is -0.121. The number of unbranched alkanes of at least 4 members (excludes halogenated alkanes) is 2. The van der Waals surface area contributed by atoms with E-state index in [2.05, 4.69) is 12.2 Å². The molecular formula is C14H22N2O. The van der Waals surface area contributed by atoms with Gasteiger partial charge in [0.1, 0.15) is 0 Å². The van der Waals surface area contributed by atoms with Gasteiger partial charge in [-0.3, -0.25) is 4.79 Å². The van der Waals surface area contributed by atoms with Crippen LogP contribution in [0.2, 0.25) is 0 Å². The highest BCUT2D eigenvalue weighted by Gasteiger charge is 2.08. The van der Waals surface area contributed by atoms with E-state index >= 15 is 0 Å². The molecule has 0 aliphatic rings. The van der Waals surface area contributed by atoms with E-state index in [1.165, 1.54) is 0 Å². The largest absolute Gasteiger partial charge is 0.399 e. The molecule has 1 amide bonds. The summed E-state index contributed by atoms with van der Waals surface area (Å²) >= 11 is 0. The molecule has 1 unspecified atom stereocenters. The van der Waals surface area contributed by atoms with E-state index in [0.717, 1.165) is 30.5 Å². The maximum absolute atomic E-state index is 11.6. The minimum Gasteiger partial charge on any atom is -0.399 e. The molecule has 0 spiro atoms. The molecule has 1 aromatic rings. The van der Waals surface area contributed by atoms with Gasteiger partial charge in [0, 0.05) is 12.1 Å². The zero-order valence-corrected chi connectivity index (χ0v) is 10.7. The summed E-state index contributed by atoms with van der Waals surface area (Å²) in [6.07, 6.45) is 3.82. The first-order valence-corrected chi connectivity index (χ1v) is 6.28. The summed E-state index contributed by atoms with van der Waals surface area (Å²) in [6, 6.07) is 7.65. The minimum absolute atomic E-state index is 0.0210. The van der Waals surface area contributed by atoms with Crippen LogP contribution >= 0.6 is 0 Å². The van der Waals surface area contributed by atoms with Crippen LogP contribution in [0.25, 0.3) is 0 Å². The van der Waals surface area contributed by atoms with Crippen LogP contribution < -0.4 is 11.1 Å². The molecule has 0 fully saturated rings. The van der Waals surface area contributed by atoms with Gasteiger partial charge >= 0.3 is 0 Å². The quantitative estimate of drug-likeness (QED) is 0.587. The van der Waals surface area contributed by atoms with Gasteiger partial charge in [-0.1, -0.05) is 31.9 Å². The van der Waals surface area contributed by atoms with E-state index in [-0.39, 0.29) is 11.9 Å². The molecule has 0 radical (unpaired) electrons. The van der Waals surface area contributed by atoms with Crippen LogP contribution in [0.5, 0.6) is 0 Å². The first kappa shape index (κ1) is 13.6. The lowest BCUT2D eigenvalue weighted by Crippen LogP contribution is -2.26. The number of anilines is 1. The number of hydrogen-bond donors (Lipinski definition) is 2. The fraction of sp³-hybridized carbons (Fsp3) is 0.500. The number of nitrogens with two attached hydrogens (primary N) is 1. The Morgan fingerprint density at radius 2 is 2.18 bits per heavy atom. The SMILES string of the molecule is CCCCCC(=O)NC(C)c1cccc(N)c1. The van der Waals surface area contributed by atoms with E-state index < -0.39 is 0 Å². The van der Waals surface area contributed by atoms with Gasteiger partial charge in [-0.25, -0.2) is 0 Å². The molecule has 94 valence electrons. The second-order valence-corrected chi connectivity index (χ2v) is 4.42. The topological polar surface area (TPSA) is 55.1 Å². The van der Waals surface area contributed by atoms with Crippen molar-refractivity contribution in [2.75, 3.05) is 5.73 Å². The van der Waals surface area contributed by atoms with Gasteiger partial charge in [0.05, 0.1) is 6.04 Å². The molecular weight excluding hydrogens is 212 g/mol. The molecule has 0 saturated carbocycles. The Kier molecular flexibility index (Phi) is 5.53. The summed E-state index contributed by atoms with van der Waals surface area (Å²) in [5.41, 5.74) is 7.49. The average molecular weight is 234 g/mol. The molecule has 3 heteroatoms. The van der Waals surface area contributed by atoms with Gasteiger partial charge in [-0.05, 0) is 31.0 Å². The highest BCUT2D eigenvalue weighted by atomic mass is 16.1. The Morgan fingerprint density at radius 1 is 1.41 bits per heavy atom. The number of carbonyl (C=O) groups excluding carboxylic acids is 1. The second-order valence-electron chi connectivity index (χ2n) is 4.42. The van der Waals surface area contributed by atoms with Crippen molar-refractivity contribution in [3.05, 3.63) is 29.8 Å². The first-order valence-electron chi connectivity index (χ1n) is 6.28. The van der Waals surface area contributed by atoms with Gasteiger partial charge < -0.3 is 11.1 Å². The van der Waals surface area contributed by atoms with Crippen LogP contribution in [-0.2, 0) is 4.79 Å². The fourth-order valence-electron chi connectivity index (χ4n) is 1.76. The van der Waals surface area contributed by atoms with Crippen molar-refractivity contribution in [2.24, 2.45) is 0 Å². The molecule has 0 saturated heterocycles. The summed E-state index contributed by atoms with van der Waals surface area (Å²) in [5.74, 6) is 0.119. The van der Waals surface area contributed by atoms with Crippen LogP contribution in [0.3, 0.4) is 0 Å². The molecule has 0 bridgehead atoms. The van der Waals surface area contributed by atoms with Gasteiger partial charge in [-0.2, -0.15) is 0 Å². The second kappa shape index (κ2) is 6.94. The summed E-state index contributed by atoms with van der Waals surface area (Å²) in [6.45, 7) is 4.11. The number of hydrogen-bond acceptors (Lipinski definition) is 2. The van der Waals surface area contributed by atoms with Crippen molar-refractivity contribution in [3.63, 3.8) is 0 Å². The number of nitrogens with one attached hydrogen (secondary N) is 1. The monoisotopic (exact) mass is 234 g/mol. The van der Waals surface area contributed by atoms with E-state index in [4.69, 9.17) is 5.73 Å². The van der Waals surface area contributed by atoms with Gasteiger partial charge in [0.25, 0.3) is 0 Å². The average Bonchev–Trinajstić information content (AvgIpc) is 2.29. The van der Waals surface area contributed by atoms with Crippen LogP contribution in [0.4, 0.5) is 5.69 Å². The van der Waals surface area contributed by atoms with E-state index in [1.54, 1.807) is 0 Å². The Labute approximate surface area is 103 Å². The smallest absolute Gasteiger partial charge is 0.220 e. The third-order valence-electron chi connectivity index (χ3n) is 2.80. The van der Waals surface area contributed by atoms with Crippen molar-refractivity contribution in [1.82, 2.24) is 5.32 Å². The van der Waals surface area contributed by atoms with Crippen LogP contribution in [0.1, 0.15) is 51.1 Å². The van der Waals surface area contributed by atoms with Crippen molar-refractivity contribution in [3.8, 4) is 0 Å². The number of amides is 1. The number of carbonyl (C=O) groups is 1. The predicted molar refractivity (Wildman–Crippen MR) is 71.6 cm³/mol. The molecule has 0 aliphatic carbocycles. The van der Waals surface area contributed by atoms with E-state index in [1.807, 2.05) is 31.2 Å². The van der Waals surface area contributed by atoms with Crippen LogP contribution in [0.15, 0.2) is 24.3 Å². The standard InChI is InChI=1S/C14H22N2O/c1-3-4-5-9-14(17)16-11(2)12-7-6-8-13(15)10-12/h6-8,10-11H,3-5,9,15H2,1-2H3,(H,16,17). The Morgan fingerprint density at radius 3 is 2.82 bits per heavy atom. The van der Waals surface area contributed by atoms with E-state index in [9.17, 15) is 4.79 Å². The van der Waals surface area contributed by atoms with Gasteiger partial charge in [0.15, 0.2) is 0 Å². The van der Waals surface area contributed by atoms with Gasteiger partial charge in [-0.15, -0.1) is 0 Å². The zero-order valence-electron chi connectivity index (χ0n) is 10.7. The lowest BCUT2D eigenvalue weighted by Gasteiger charge is -2.14. The Balaban J connectivity index is 2.43. The van der Waals surface area contributed by atoms with Crippen LogP contribution in [-0.4, -0.2) is 5.91 Å². The number of nitrogen functional groups attached to an aromatic ring is 1. The molecule has 3 N–H and O–H groups in total. The van der Waals surface area contributed by atoms with E-state index in [0.29, 0.717) is 6.42 Å². The lowest BCUT2D eigenvalue weighted by atomic mass is 10.1. The molecule has 1 rings (SSSR count). The molecule has 3 nitrogen and oxygen atoms in total. The van der Waals surface area contributed by atoms with Gasteiger partial charge in [0.2, 0.25) is 5.91 Å². The molecule has 0 aliphatic heterocycles. The Hall–Kier alpha value is -1.51. The normalized spacial score (nSPS) is 12.1. The fourth-order valence-corrected chi connectivity index (χ4v) is 1.76. The maximum atomic E-state index is 11.6. The summed E-state index contributed by atoms with van der Waals surface area (Å²) < 4.78 is 0. The van der Waals surface area contributed by atoms with Crippen molar-refractivity contribution in [2.45, 2.75) is 45.6 Å². The molecule has 1 atom stereocenters. The number of rotatable bonds is 6. The zero-order chi connectivity index (χ0) is 12.7. The van der Waals surface area contributed by atoms with Crippen molar-refractivity contribution >= 4 is 11.6 Å². The summed E-state index contributed by atoms with van der Waals surface area (Å²) in [7, 11) is 0. The highest BCUT2D eigenvalue weighted by Crippen LogP contribution is 2.15. The minimum atomic E-state index is 0.0210. The molecule has 0 heterocycles. The summed E-state index contributed by atoms with van der Waals surface area (Å²) in [5, 5.41) is 2.99.